The van der Waals surface area contributed by atoms with E-state index in [4.69, 9.17) is 0 Å². The van der Waals surface area contributed by atoms with Gasteiger partial charge in [-0.2, -0.15) is 0 Å². The van der Waals surface area contributed by atoms with Crippen LogP contribution in [0.1, 0.15) is 31.2 Å². The van der Waals surface area contributed by atoms with Crippen LogP contribution in [-0.4, -0.2) is 41.9 Å². The molecular weight excluding hydrogens is 294 g/mol. The lowest BCUT2D eigenvalue weighted by Gasteiger charge is -2.23. The maximum absolute atomic E-state index is 11.8. The van der Waals surface area contributed by atoms with Crippen LogP contribution in [0.25, 0.3) is 6.08 Å². The average molecular weight is 317 g/mol. The van der Waals surface area contributed by atoms with Gasteiger partial charge in [-0.05, 0) is 43.7 Å². The van der Waals surface area contributed by atoms with Crippen LogP contribution in [0.5, 0.6) is 0 Å². The van der Waals surface area contributed by atoms with Crippen LogP contribution in [-0.2, 0) is 4.79 Å². The molecule has 0 saturated heterocycles. The monoisotopic (exact) mass is 317 g/mol. The molecule has 1 aliphatic carbocycles. The molecule has 0 unspecified atom stereocenters. The summed E-state index contributed by atoms with van der Waals surface area (Å²) in [5.41, 5.74) is 0.801. The van der Waals surface area contributed by atoms with Gasteiger partial charge in [0.1, 0.15) is 0 Å². The van der Waals surface area contributed by atoms with Crippen molar-refractivity contribution in [2.75, 3.05) is 20.1 Å². The summed E-state index contributed by atoms with van der Waals surface area (Å²) < 4.78 is 0. The molecule has 23 heavy (non-hydrogen) atoms. The minimum atomic E-state index is -0.443. The molecule has 0 aromatic heterocycles. The first-order valence-electron chi connectivity index (χ1n) is 7.97. The number of nitrogens with zero attached hydrogens (tertiary/aromatic N) is 2. The molecule has 6 heteroatoms. The number of rotatable bonds is 7. The van der Waals surface area contributed by atoms with Crippen molar-refractivity contribution in [1.82, 2.24) is 10.2 Å². The van der Waals surface area contributed by atoms with E-state index in [9.17, 15) is 14.9 Å². The number of nitro groups is 1. The SMILES string of the molecule is CN(CCNC(=O)/C=C/c1ccc([N+](=O)[O-])cc1)C1CCCC1. The van der Waals surface area contributed by atoms with Crippen LogP contribution in [0.3, 0.4) is 0 Å². The fourth-order valence-corrected chi connectivity index (χ4v) is 2.82. The van der Waals surface area contributed by atoms with Crippen molar-refractivity contribution in [3.05, 3.63) is 46.0 Å². The van der Waals surface area contributed by atoms with E-state index in [1.807, 2.05) is 0 Å². The zero-order valence-corrected chi connectivity index (χ0v) is 13.4. The summed E-state index contributed by atoms with van der Waals surface area (Å²) in [6.45, 7) is 1.47. The Kier molecular flexibility index (Phi) is 6.29. The van der Waals surface area contributed by atoms with Gasteiger partial charge in [-0.1, -0.05) is 12.8 Å². The Bertz CT molecular complexity index is 563. The molecule has 124 valence electrons. The Hall–Kier alpha value is -2.21. The molecule has 1 aromatic carbocycles. The highest BCUT2D eigenvalue weighted by Gasteiger charge is 2.18. The number of non-ortho nitro benzene ring substituents is 1. The molecule has 0 aliphatic heterocycles. The number of nitro benzene ring substituents is 1. The Balaban J connectivity index is 1.72. The number of carbonyl (C=O) groups excluding carboxylic acids is 1. The van der Waals surface area contributed by atoms with Gasteiger partial charge in [0.2, 0.25) is 5.91 Å². The third kappa shape index (κ3) is 5.49. The second kappa shape index (κ2) is 8.43. The topological polar surface area (TPSA) is 75.5 Å². The van der Waals surface area contributed by atoms with Crippen LogP contribution in [0.15, 0.2) is 30.3 Å². The summed E-state index contributed by atoms with van der Waals surface area (Å²) in [4.78, 5) is 24.2. The van der Waals surface area contributed by atoms with Crippen molar-refractivity contribution in [3.63, 3.8) is 0 Å². The number of benzene rings is 1. The minimum absolute atomic E-state index is 0.0431. The second-order valence-electron chi connectivity index (χ2n) is 5.89. The van der Waals surface area contributed by atoms with Crippen molar-refractivity contribution in [2.24, 2.45) is 0 Å². The van der Waals surface area contributed by atoms with Crippen LogP contribution in [0, 0.1) is 10.1 Å². The van der Waals surface area contributed by atoms with E-state index >= 15 is 0 Å². The smallest absolute Gasteiger partial charge is 0.269 e. The quantitative estimate of drug-likeness (QED) is 0.476. The van der Waals surface area contributed by atoms with Crippen LogP contribution in [0.2, 0.25) is 0 Å². The fraction of sp³-hybridized carbons (Fsp3) is 0.471. The summed E-state index contributed by atoms with van der Waals surface area (Å²) in [7, 11) is 2.11. The van der Waals surface area contributed by atoms with Gasteiger partial charge in [-0.15, -0.1) is 0 Å². The maximum atomic E-state index is 11.8. The predicted octanol–water partition coefficient (Wildman–Crippen LogP) is 2.60. The van der Waals surface area contributed by atoms with Crippen molar-refractivity contribution >= 4 is 17.7 Å². The van der Waals surface area contributed by atoms with Crippen LogP contribution in [0.4, 0.5) is 5.69 Å². The molecule has 1 amide bonds. The highest BCUT2D eigenvalue weighted by atomic mass is 16.6. The molecule has 1 saturated carbocycles. The van der Waals surface area contributed by atoms with E-state index in [-0.39, 0.29) is 11.6 Å². The Morgan fingerprint density at radius 2 is 2.00 bits per heavy atom. The van der Waals surface area contributed by atoms with Crippen molar-refractivity contribution in [1.29, 1.82) is 0 Å². The molecule has 0 spiro atoms. The predicted molar refractivity (Wildman–Crippen MR) is 90.0 cm³/mol. The van der Waals surface area contributed by atoms with Gasteiger partial charge in [0.15, 0.2) is 0 Å². The fourth-order valence-electron chi connectivity index (χ4n) is 2.82. The van der Waals surface area contributed by atoms with Crippen LogP contribution >= 0.6 is 0 Å². The van der Waals surface area contributed by atoms with E-state index in [0.717, 1.165) is 12.1 Å². The largest absolute Gasteiger partial charge is 0.351 e. The van der Waals surface area contributed by atoms with Gasteiger partial charge in [0.25, 0.3) is 5.69 Å². The highest BCUT2D eigenvalue weighted by molar-refractivity contribution is 5.91. The lowest BCUT2D eigenvalue weighted by molar-refractivity contribution is -0.384. The van der Waals surface area contributed by atoms with Crippen molar-refractivity contribution in [3.8, 4) is 0 Å². The first-order valence-corrected chi connectivity index (χ1v) is 7.97. The number of likely N-dealkylation sites (N-methyl/N-ethyl adjacent to an activating group) is 1. The number of nitrogens with one attached hydrogen (secondary N) is 1. The first kappa shape index (κ1) is 17.1. The molecule has 0 bridgehead atoms. The first-order chi connectivity index (χ1) is 11.1. The molecule has 2 rings (SSSR count). The third-order valence-corrected chi connectivity index (χ3v) is 4.24. The average Bonchev–Trinajstić information content (AvgIpc) is 3.07. The van der Waals surface area contributed by atoms with Crippen molar-refractivity contribution < 1.29 is 9.72 Å². The number of hydrogen-bond acceptors (Lipinski definition) is 4. The number of carbonyl (C=O) groups is 1. The molecular formula is C17H23N3O3. The van der Waals surface area contributed by atoms with Gasteiger partial charge < -0.3 is 10.2 Å². The summed E-state index contributed by atoms with van der Waals surface area (Å²) in [6.07, 6.45) is 8.23. The van der Waals surface area contributed by atoms with E-state index in [1.54, 1.807) is 18.2 Å². The normalized spacial score (nSPS) is 15.4. The molecule has 1 aromatic rings. The minimum Gasteiger partial charge on any atom is -0.351 e. The molecule has 0 heterocycles. The summed E-state index contributed by atoms with van der Waals surface area (Å²) in [6, 6.07) is 6.75. The third-order valence-electron chi connectivity index (χ3n) is 4.24. The standard InChI is InChI=1S/C17H23N3O3/c1-19(15-4-2-3-5-15)13-12-18-17(21)11-8-14-6-9-16(10-7-14)20(22)23/h6-11,15H,2-5,12-13H2,1H3,(H,18,21)/b11-8+. The maximum Gasteiger partial charge on any atom is 0.269 e. The van der Waals surface area contributed by atoms with E-state index < -0.39 is 4.92 Å². The highest BCUT2D eigenvalue weighted by Crippen LogP contribution is 2.21. The molecule has 6 nitrogen and oxygen atoms in total. The number of hydrogen-bond donors (Lipinski definition) is 1. The second-order valence-corrected chi connectivity index (χ2v) is 5.89. The molecule has 0 radical (unpaired) electrons. The molecule has 1 N–H and O–H groups in total. The van der Waals surface area contributed by atoms with Gasteiger partial charge in [-0.3, -0.25) is 14.9 Å². The Labute approximate surface area is 136 Å². The van der Waals surface area contributed by atoms with Gasteiger partial charge >= 0.3 is 0 Å². The zero-order valence-electron chi connectivity index (χ0n) is 13.4. The van der Waals surface area contributed by atoms with E-state index in [0.29, 0.717) is 12.6 Å². The summed E-state index contributed by atoms with van der Waals surface area (Å²) >= 11 is 0. The Morgan fingerprint density at radius 1 is 1.35 bits per heavy atom. The lowest BCUT2D eigenvalue weighted by atomic mass is 10.2. The van der Waals surface area contributed by atoms with Gasteiger partial charge in [-0.25, -0.2) is 0 Å². The lowest BCUT2D eigenvalue weighted by Crippen LogP contribution is -2.36. The summed E-state index contributed by atoms with van der Waals surface area (Å²) in [5.74, 6) is -0.150. The molecule has 1 aliphatic rings. The van der Waals surface area contributed by atoms with Crippen molar-refractivity contribution in [2.45, 2.75) is 31.7 Å². The molecule has 0 atom stereocenters. The van der Waals surface area contributed by atoms with Gasteiger partial charge in [0, 0.05) is 37.3 Å². The van der Waals surface area contributed by atoms with E-state index in [2.05, 4.69) is 17.3 Å². The van der Waals surface area contributed by atoms with Crippen LogP contribution < -0.4 is 5.32 Å². The Morgan fingerprint density at radius 3 is 2.61 bits per heavy atom. The van der Waals surface area contributed by atoms with E-state index in [1.165, 1.54) is 43.9 Å². The van der Waals surface area contributed by atoms with Gasteiger partial charge in [0.05, 0.1) is 4.92 Å². The summed E-state index contributed by atoms with van der Waals surface area (Å²) in [5, 5.41) is 13.4. The molecule has 1 fully saturated rings. The zero-order chi connectivity index (χ0) is 16.7. The number of amides is 1.